The Labute approximate surface area is 201 Å². The maximum Gasteiger partial charge on any atom is 0.256 e. The second-order valence-electron chi connectivity index (χ2n) is 9.04. The van der Waals surface area contributed by atoms with Crippen molar-refractivity contribution >= 4 is 39.6 Å². The van der Waals surface area contributed by atoms with Crippen LogP contribution in [0.15, 0.2) is 30.3 Å². The van der Waals surface area contributed by atoms with Crippen molar-refractivity contribution in [3.05, 3.63) is 53.4 Å². The lowest BCUT2D eigenvalue weighted by molar-refractivity contribution is -0.119. The molecule has 2 aromatic heterocycles. The zero-order valence-corrected chi connectivity index (χ0v) is 19.9. The summed E-state index contributed by atoms with van der Waals surface area (Å²) in [7, 11) is 5.06. The number of benzene rings is 2. The first-order valence-corrected chi connectivity index (χ1v) is 11.5. The number of aromatic nitrogens is 4. The Kier molecular flexibility index (Phi) is 5.98. The molecule has 1 saturated carbocycles. The van der Waals surface area contributed by atoms with E-state index in [2.05, 4.69) is 15.3 Å². The van der Waals surface area contributed by atoms with Crippen LogP contribution in [0.4, 0.5) is 10.1 Å². The molecule has 1 fully saturated rings. The average molecular weight is 479 g/mol. The largest absolute Gasteiger partial charge is 0.375 e. The third kappa shape index (κ3) is 4.37. The van der Waals surface area contributed by atoms with Crippen LogP contribution in [0.3, 0.4) is 0 Å². The summed E-state index contributed by atoms with van der Waals surface area (Å²) in [6.07, 6.45) is 3.32. The van der Waals surface area contributed by atoms with Gasteiger partial charge in [-0.15, -0.1) is 0 Å². The van der Waals surface area contributed by atoms with Crippen LogP contribution >= 0.6 is 0 Å². The summed E-state index contributed by atoms with van der Waals surface area (Å²) in [6.45, 7) is 0.105. The highest BCUT2D eigenvalue weighted by atomic mass is 19.1. The number of nitrogens with one attached hydrogen (secondary N) is 2. The number of aryl methyl sites for hydroxylation is 1. The molecule has 1 aliphatic carbocycles. The van der Waals surface area contributed by atoms with Gasteiger partial charge in [-0.1, -0.05) is 6.42 Å². The number of ether oxygens (including phenoxy) is 1. The van der Waals surface area contributed by atoms with E-state index in [0.717, 1.165) is 24.2 Å². The van der Waals surface area contributed by atoms with E-state index in [1.54, 1.807) is 30.1 Å². The molecule has 2 N–H and O–H groups in total. The number of carbonyl (C=O) groups excluding carboxylic acids is 2. The zero-order valence-electron chi connectivity index (χ0n) is 19.9. The summed E-state index contributed by atoms with van der Waals surface area (Å²) in [5.74, 6) is 0.946. The van der Waals surface area contributed by atoms with Crippen LogP contribution in [0.2, 0.25) is 0 Å². The number of amides is 2. The minimum Gasteiger partial charge on any atom is -0.375 e. The van der Waals surface area contributed by atoms with Gasteiger partial charge in [0, 0.05) is 32.8 Å². The van der Waals surface area contributed by atoms with Gasteiger partial charge in [0.15, 0.2) is 0 Å². The Morgan fingerprint density at radius 1 is 1.23 bits per heavy atom. The van der Waals surface area contributed by atoms with E-state index >= 15 is 0 Å². The number of H-pyrrole nitrogens is 1. The molecular formula is C25H27FN6O3. The number of rotatable bonds is 7. The molecule has 0 atom stereocenters. The lowest BCUT2D eigenvalue weighted by Crippen LogP contribution is -2.27. The number of hydrogen-bond donors (Lipinski definition) is 2. The fourth-order valence-electron chi connectivity index (χ4n) is 4.58. The van der Waals surface area contributed by atoms with E-state index in [-0.39, 0.29) is 30.8 Å². The van der Waals surface area contributed by atoms with Crippen LogP contribution in [-0.2, 0) is 23.1 Å². The first-order chi connectivity index (χ1) is 16.8. The van der Waals surface area contributed by atoms with Crippen LogP contribution < -0.4 is 5.32 Å². The van der Waals surface area contributed by atoms with Gasteiger partial charge in [-0.05, 0) is 43.2 Å². The highest BCUT2D eigenvalue weighted by Crippen LogP contribution is 2.38. The standard InChI is InChI=1S/C25H27FN6O3/c1-31(12-21-28-18-8-7-15(26)9-19(18)29-21)25(34)17-10-16(27-22(33)13-35-3)11-20-23(17)32(2)24(30-20)14-5-4-6-14/h7-11,14H,4-6,12-13H2,1-3H3,(H,27,33)(H,28,29). The van der Waals surface area contributed by atoms with E-state index in [4.69, 9.17) is 9.72 Å². The summed E-state index contributed by atoms with van der Waals surface area (Å²) in [6, 6.07) is 7.79. The third-order valence-corrected chi connectivity index (χ3v) is 6.49. The molecule has 0 radical (unpaired) electrons. The second-order valence-corrected chi connectivity index (χ2v) is 9.04. The molecule has 1 aliphatic rings. The molecular weight excluding hydrogens is 451 g/mol. The average Bonchev–Trinajstić information content (AvgIpc) is 3.31. The lowest BCUT2D eigenvalue weighted by Gasteiger charge is -2.24. The zero-order chi connectivity index (χ0) is 24.7. The second kappa shape index (κ2) is 9.10. The molecule has 4 aromatic rings. The summed E-state index contributed by atoms with van der Waals surface area (Å²) in [5.41, 5.74) is 3.49. The molecule has 0 spiro atoms. The minimum absolute atomic E-state index is 0.0938. The summed E-state index contributed by atoms with van der Waals surface area (Å²) in [4.78, 5) is 39.7. The van der Waals surface area contributed by atoms with Crippen molar-refractivity contribution in [2.75, 3.05) is 26.1 Å². The minimum atomic E-state index is -0.356. The SMILES string of the molecule is COCC(=O)Nc1cc(C(=O)N(C)Cc2nc3ccc(F)cc3[nH]2)c2c(c1)nc(C1CCC1)n2C. The first kappa shape index (κ1) is 23.0. The van der Waals surface area contributed by atoms with Crippen LogP contribution in [0, 0.1) is 5.82 Å². The van der Waals surface area contributed by atoms with E-state index in [1.807, 2.05) is 11.6 Å². The molecule has 5 rings (SSSR count). The van der Waals surface area contributed by atoms with Crippen LogP contribution in [-0.4, -0.2) is 57.0 Å². The first-order valence-electron chi connectivity index (χ1n) is 11.5. The Hall–Kier alpha value is -3.79. The molecule has 0 aliphatic heterocycles. The fourth-order valence-corrected chi connectivity index (χ4v) is 4.58. The molecule has 35 heavy (non-hydrogen) atoms. The van der Waals surface area contributed by atoms with Gasteiger partial charge in [-0.3, -0.25) is 9.59 Å². The van der Waals surface area contributed by atoms with E-state index < -0.39 is 0 Å². The summed E-state index contributed by atoms with van der Waals surface area (Å²) >= 11 is 0. The van der Waals surface area contributed by atoms with Crippen LogP contribution in [0.5, 0.6) is 0 Å². The number of hydrogen-bond acceptors (Lipinski definition) is 5. The number of anilines is 1. The lowest BCUT2D eigenvalue weighted by atomic mass is 9.85. The topological polar surface area (TPSA) is 105 Å². The van der Waals surface area contributed by atoms with Gasteiger partial charge in [0.1, 0.15) is 24.1 Å². The summed E-state index contributed by atoms with van der Waals surface area (Å²) < 4.78 is 20.5. The van der Waals surface area contributed by atoms with E-state index in [0.29, 0.717) is 39.5 Å². The van der Waals surface area contributed by atoms with Crippen molar-refractivity contribution in [1.82, 2.24) is 24.4 Å². The van der Waals surface area contributed by atoms with Gasteiger partial charge >= 0.3 is 0 Å². The van der Waals surface area contributed by atoms with Gasteiger partial charge in [0.25, 0.3) is 5.91 Å². The van der Waals surface area contributed by atoms with Crippen molar-refractivity contribution < 1.29 is 18.7 Å². The molecule has 10 heteroatoms. The molecule has 2 heterocycles. The van der Waals surface area contributed by atoms with Crippen LogP contribution in [0.25, 0.3) is 22.1 Å². The van der Waals surface area contributed by atoms with Crippen molar-refractivity contribution in [2.24, 2.45) is 7.05 Å². The number of carbonyl (C=O) groups is 2. The number of aromatic amines is 1. The fraction of sp³-hybridized carbons (Fsp3) is 0.360. The highest BCUT2D eigenvalue weighted by molar-refractivity contribution is 6.07. The maximum atomic E-state index is 13.7. The van der Waals surface area contributed by atoms with Crippen molar-refractivity contribution in [2.45, 2.75) is 31.7 Å². The number of fused-ring (bicyclic) bond motifs is 2. The number of imidazole rings is 2. The van der Waals surface area contributed by atoms with Crippen LogP contribution in [0.1, 0.15) is 47.2 Å². The molecule has 182 valence electrons. The molecule has 0 saturated heterocycles. The number of nitrogens with zero attached hydrogens (tertiary/aromatic N) is 4. The predicted molar refractivity (Wildman–Crippen MR) is 130 cm³/mol. The smallest absolute Gasteiger partial charge is 0.256 e. The van der Waals surface area contributed by atoms with E-state index in [1.165, 1.54) is 25.7 Å². The normalized spacial score (nSPS) is 13.8. The Morgan fingerprint density at radius 3 is 2.74 bits per heavy atom. The monoisotopic (exact) mass is 478 g/mol. The van der Waals surface area contributed by atoms with Crippen molar-refractivity contribution in [3.63, 3.8) is 0 Å². The molecule has 2 aromatic carbocycles. The third-order valence-electron chi connectivity index (χ3n) is 6.49. The maximum absolute atomic E-state index is 13.7. The van der Waals surface area contributed by atoms with E-state index in [9.17, 15) is 14.0 Å². The highest BCUT2D eigenvalue weighted by Gasteiger charge is 2.28. The molecule has 0 bridgehead atoms. The molecule has 0 unspecified atom stereocenters. The van der Waals surface area contributed by atoms with Gasteiger partial charge in [-0.2, -0.15) is 0 Å². The van der Waals surface area contributed by atoms with Gasteiger partial charge in [0.05, 0.1) is 34.2 Å². The predicted octanol–water partition coefficient (Wildman–Crippen LogP) is 3.71. The van der Waals surface area contributed by atoms with Crippen molar-refractivity contribution in [1.29, 1.82) is 0 Å². The van der Waals surface area contributed by atoms with Gasteiger partial charge in [0.2, 0.25) is 5.91 Å². The Bertz CT molecular complexity index is 1440. The molecule has 2 amide bonds. The quantitative estimate of drug-likeness (QED) is 0.421. The Morgan fingerprint density at radius 2 is 2.03 bits per heavy atom. The van der Waals surface area contributed by atoms with Crippen molar-refractivity contribution in [3.8, 4) is 0 Å². The number of methoxy groups -OCH3 is 1. The molecule has 9 nitrogen and oxygen atoms in total. The van der Waals surface area contributed by atoms with Gasteiger partial charge in [-0.25, -0.2) is 14.4 Å². The summed E-state index contributed by atoms with van der Waals surface area (Å²) in [5, 5.41) is 2.79. The number of halogens is 1. The Balaban J connectivity index is 1.50. The van der Waals surface area contributed by atoms with Gasteiger partial charge < -0.3 is 24.5 Å².